The molecule has 2 rings (SSSR count). The fraction of sp³-hybridized carbons (Fsp3) is 0.440. The Kier molecular flexibility index (Phi) is 11.4. The smallest absolute Gasteiger partial charge is 0.326 e. The summed E-state index contributed by atoms with van der Waals surface area (Å²) >= 11 is 0. The lowest BCUT2D eigenvalue weighted by atomic mass is 10.0. The summed E-state index contributed by atoms with van der Waals surface area (Å²) in [6.07, 6.45) is 2.44. The standard InChI is InChI=1S/C25H34N6O7/c1-14(2)8-18(29-22(34)17(26)10-16-12-27-13-28-16)23(35)30-19(11-21(32)33)24(36)31-20(25(37)38)9-15-6-4-3-5-7-15/h3-7,12-14,17-20H,8-11,26H2,1-2H3,(H,27,28)(H,29,34)(H,30,35)(H,31,36)(H,32,33)(H,37,38). The number of imidazole rings is 1. The molecule has 13 nitrogen and oxygen atoms in total. The number of carbonyl (C=O) groups is 5. The first-order chi connectivity index (χ1) is 18.0. The van der Waals surface area contributed by atoms with Crippen molar-refractivity contribution in [2.75, 3.05) is 0 Å². The average Bonchev–Trinajstić information content (AvgIpc) is 3.35. The predicted molar refractivity (Wildman–Crippen MR) is 136 cm³/mol. The van der Waals surface area contributed by atoms with Gasteiger partial charge in [0.1, 0.15) is 18.1 Å². The Morgan fingerprint density at radius 2 is 1.50 bits per heavy atom. The van der Waals surface area contributed by atoms with E-state index >= 15 is 0 Å². The second-order valence-electron chi connectivity index (χ2n) is 9.33. The molecule has 0 saturated heterocycles. The third-order valence-corrected chi connectivity index (χ3v) is 5.58. The van der Waals surface area contributed by atoms with Crippen molar-refractivity contribution in [2.24, 2.45) is 11.7 Å². The molecule has 1 aromatic carbocycles. The quantitative estimate of drug-likeness (QED) is 0.159. The first kappa shape index (κ1) is 30.0. The van der Waals surface area contributed by atoms with Crippen LogP contribution in [-0.4, -0.2) is 74.0 Å². The molecule has 0 aliphatic heterocycles. The van der Waals surface area contributed by atoms with Gasteiger partial charge in [-0.05, 0) is 17.9 Å². The van der Waals surface area contributed by atoms with E-state index in [-0.39, 0.29) is 25.2 Å². The molecule has 38 heavy (non-hydrogen) atoms. The van der Waals surface area contributed by atoms with E-state index < -0.39 is 60.2 Å². The SMILES string of the molecule is CC(C)CC(NC(=O)C(N)Cc1cnc[nH]1)C(=O)NC(CC(=O)O)C(=O)NC(Cc1ccccc1)C(=O)O. The summed E-state index contributed by atoms with van der Waals surface area (Å²) in [7, 11) is 0. The molecule has 0 fully saturated rings. The minimum absolute atomic E-state index is 0.0457. The van der Waals surface area contributed by atoms with Crippen LogP contribution >= 0.6 is 0 Å². The van der Waals surface area contributed by atoms with Crippen molar-refractivity contribution >= 4 is 29.7 Å². The lowest BCUT2D eigenvalue weighted by molar-refractivity contribution is -0.143. The topological polar surface area (TPSA) is 217 Å². The van der Waals surface area contributed by atoms with E-state index in [1.54, 1.807) is 30.3 Å². The van der Waals surface area contributed by atoms with Crippen molar-refractivity contribution in [1.29, 1.82) is 0 Å². The molecule has 0 saturated carbocycles. The highest BCUT2D eigenvalue weighted by Gasteiger charge is 2.32. The zero-order valence-electron chi connectivity index (χ0n) is 21.2. The summed E-state index contributed by atoms with van der Waals surface area (Å²) in [5.74, 6) is -5.14. The number of aliphatic carboxylic acids is 2. The van der Waals surface area contributed by atoms with E-state index in [0.717, 1.165) is 0 Å². The van der Waals surface area contributed by atoms with Gasteiger partial charge in [-0.2, -0.15) is 0 Å². The van der Waals surface area contributed by atoms with E-state index in [9.17, 15) is 34.2 Å². The summed E-state index contributed by atoms with van der Waals surface area (Å²) in [5, 5.41) is 26.1. The van der Waals surface area contributed by atoms with Crippen molar-refractivity contribution in [3.05, 3.63) is 54.1 Å². The van der Waals surface area contributed by atoms with Crippen LogP contribution in [0.5, 0.6) is 0 Å². The maximum absolute atomic E-state index is 13.1. The fourth-order valence-electron chi connectivity index (χ4n) is 3.69. The van der Waals surface area contributed by atoms with Crippen LogP contribution < -0.4 is 21.7 Å². The average molecular weight is 531 g/mol. The number of carboxylic acid groups (broad SMARTS) is 2. The van der Waals surface area contributed by atoms with Gasteiger partial charge in [0.05, 0.1) is 18.8 Å². The summed E-state index contributed by atoms with van der Waals surface area (Å²) in [6, 6.07) is 3.52. The monoisotopic (exact) mass is 530 g/mol. The van der Waals surface area contributed by atoms with Gasteiger partial charge >= 0.3 is 11.9 Å². The Morgan fingerprint density at radius 1 is 0.895 bits per heavy atom. The molecule has 4 unspecified atom stereocenters. The first-order valence-electron chi connectivity index (χ1n) is 12.1. The number of hydrogen-bond donors (Lipinski definition) is 7. The van der Waals surface area contributed by atoms with Gasteiger partial charge in [-0.1, -0.05) is 44.2 Å². The van der Waals surface area contributed by atoms with Crippen LogP contribution in [0.25, 0.3) is 0 Å². The van der Waals surface area contributed by atoms with Crippen molar-refractivity contribution in [3.63, 3.8) is 0 Å². The van der Waals surface area contributed by atoms with Crippen molar-refractivity contribution < 1.29 is 34.2 Å². The third-order valence-electron chi connectivity index (χ3n) is 5.58. The number of aromatic nitrogens is 2. The van der Waals surface area contributed by atoms with Gasteiger partial charge in [0.2, 0.25) is 17.7 Å². The van der Waals surface area contributed by atoms with Crippen LogP contribution in [0.15, 0.2) is 42.9 Å². The Balaban J connectivity index is 2.12. The Labute approximate surface area is 219 Å². The van der Waals surface area contributed by atoms with E-state index in [2.05, 4.69) is 25.9 Å². The number of nitrogens with two attached hydrogens (primary N) is 1. The third kappa shape index (κ3) is 10.0. The molecule has 0 radical (unpaired) electrons. The normalized spacial score (nSPS) is 14.1. The maximum atomic E-state index is 13.1. The van der Waals surface area contributed by atoms with E-state index in [4.69, 9.17) is 5.73 Å². The number of amides is 3. The molecule has 8 N–H and O–H groups in total. The lowest BCUT2D eigenvalue weighted by Gasteiger charge is -2.25. The van der Waals surface area contributed by atoms with Gasteiger partial charge in [-0.15, -0.1) is 0 Å². The number of nitrogens with one attached hydrogen (secondary N) is 4. The van der Waals surface area contributed by atoms with Crippen LogP contribution in [0.2, 0.25) is 0 Å². The van der Waals surface area contributed by atoms with Gasteiger partial charge in [0.15, 0.2) is 0 Å². The molecule has 13 heteroatoms. The summed E-state index contributed by atoms with van der Waals surface area (Å²) in [4.78, 5) is 68.5. The second kappa shape index (κ2) is 14.5. The molecule has 0 aliphatic rings. The molecule has 2 aromatic rings. The number of carbonyl (C=O) groups excluding carboxylic acids is 3. The van der Waals surface area contributed by atoms with Gasteiger partial charge in [0, 0.05) is 24.7 Å². The van der Waals surface area contributed by atoms with Crippen molar-refractivity contribution in [2.45, 2.75) is 63.7 Å². The number of nitrogens with zero attached hydrogens (tertiary/aromatic N) is 1. The van der Waals surface area contributed by atoms with Crippen LogP contribution in [0, 0.1) is 5.92 Å². The molecule has 4 atom stereocenters. The largest absolute Gasteiger partial charge is 0.481 e. The number of H-pyrrole nitrogens is 1. The van der Waals surface area contributed by atoms with Crippen LogP contribution in [0.1, 0.15) is 37.9 Å². The fourth-order valence-corrected chi connectivity index (χ4v) is 3.69. The van der Waals surface area contributed by atoms with Crippen LogP contribution in [0.3, 0.4) is 0 Å². The van der Waals surface area contributed by atoms with E-state index in [1.165, 1.54) is 12.5 Å². The molecule has 3 amide bonds. The van der Waals surface area contributed by atoms with Crippen molar-refractivity contribution in [1.82, 2.24) is 25.9 Å². The van der Waals surface area contributed by atoms with Gasteiger partial charge in [0.25, 0.3) is 0 Å². The molecule has 1 aromatic heterocycles. The molecule has 1 heterocycles. The Bertz CT molecular complexity index is 1090. The summed E-state index contributed by atoms with van der Waals surface area (Å²) < 4.78 is 0. The molecule has 0 aliphatic carbocycles. The summed E-state index contributed by atoms with van der Waals surface area (Å²) in [5.41, 5.74) is 7.23. The zero-order valence-corrected chi connectivity index (χ0v) is 21.2. The number of benzene rings is 1. The highest BCUT2D eigenvalue weighted by atomic mass is 16.4. The number of rotatable bonds is 15. The molecule has 206 valence electrons. The highest BCUT2D eigenvalue weighted by Crippen LogP contribution is 2.09. The van der Waals surface area contributed by atoms with Crippen LogP contribution in [0.4, 0.5) is 0 Å². The maximum Gasteiger partial charge on any atom is 0.326 e. The number of aromatic amines is 1. The van der Waals surface area contributed by atoms with Gasteiger partial charge in [-0.25, -0.2) is 9.78 Å². The highest BCUT2D eigenvalue weighted by molar-refractivity contribution is 5.95. The Hall–Kier alpha value is -4.26. The van der Waals surface area contributed by atoms with Gasteiger partial charge in [-0.3, -0.25) is 19.2 Å². The van der Waals surface area contributed by atoms with Crippen LogP contribution in [-0.2, 0) is 36.8 Å². The van der Waals surface area contributed by atoms with Crippen molar-refractivity contribution in [3.8, 4) is 0 Å². The van der Waals surface area contributed by atoms with E-state index in [1.807, 2.05) is 13.8 Å². The van der Waals surface area contributed by atoms with E-state index in [0.29, 0.717) is 11.3 Å². The minimum Gasteiger partial charge on any atom is -0.481 e. The number of hydrogen-bond acceptors (Lipinski definition) is 7. The first-order valence-corrected chi connectivity index (χ1v) is 12.1. The molecule has 0 spiro atoms. The second-order valence-corrected chi connectivity index (χ2v) is 9.33. The summed E-state index contributed by atoms with van der Waals surface area (Å²) in [6.45, 7) is 3.64. The zero-order chi connectivity index (χ0) is 28.2. The molecule has 0 bridgehead atoms. The number of carboxylic acids is 2. The molecular weight excluding hydrogens is 496 g/mol. The lowest BCUT2D eigenvalue weighted by Crippen LogP contribution is -2.58. The van der Waals surface area contributed by atoms with Gasteiger partial charge < -0.3 is 36.9 Å². The predicted octanol–water partition coefficient (Wildman–Crippen LogP) is -0.418. The molecular formula is C25H34N6O7. The Morgan fingerprint density at radius 3 is 2.05 bits per heavy atom. The minimum atomic E-state index is -1.58.